The molecule has 2 aliphatic heterocycles. The Morgan fingerprint density at radius 2 is 2.14 bits per heavy atom. The largest absolute Gasteiger partial charge is 0.309 e. The summed E-state index contributed by atoms with van der Waals surface area (Å²) in [4.78, 5) is 0. The molecule has 5 heteroatoms. The van der Waals surface area contributed by atoms with Crippen LogP contribution in [0.15, 0.2) is 35.9 Å². The summed E-state index contributed by atoms with van der Waals surface area (Å²) < 4.78 is 26.7. The quantitative estimate of drug-likeness (QED) is 0.808. The number of anilines is 1. The second-order valence-electron chi connectivity index (χ2n) is 6.67. The molecule has 0 amide bonds. The number of nitrogens with zero attached hydrogens (tertiary/aromatic N) is 1. The van der Waals surface area contributed by atoms with Crippen LogP contribution in [0.5, 0.6) is 0 Å². The normalized spacial score (nSPS) is 35.4. The molecule has 2 heterocycles. The lowest BCUT2D eigenvalue weighted by molar-refractivity contribution is 0.297. The van der Waals surface area contributed by atoms with Crippen LogP contribution in [-0.4, -0.2) is 33.3 Å². The number of fused-ring (bicyclic) bond motifs is 1. The third-order valence-electron chi connectivity index (χ3n) is 5.73. The van der Waals surface area contributed by atoms with Gasteiger partial charge in [-0.25, -0.2) is 8.42 Å². The summed E-state index contributed by atoms with van der Waals surface area (Å²) in [6.45, 7) is 3.04. The number of hydrogen-bond acceptors (Lipinski definition) is 3. The van der Waals surface area contributed by atoms with Crippen molar-refractivity contribution in [2.24, 2.45) is 0 Å². The van der Waals surface area contributed by atoms with Crippen LogP contribution in [0.3, 0.4) is 0 Å². The van der Waals surface area contributed by atoms with Gasteiger partial charge in [-0.2, -0.15) is 0 Å². The molecule has 3 atom stereocenters. The third-order valence-corrected chi connectivity index (χ3v) is 6.89. The second-order valence-corrected chi connectivity index (χ2v) is 8.53. The van der Waals surface area contributed by atoms with Crippen LogP contribution in [0.2, 0.25) is 0 Å². The Kier molecular flexibility index (Phi) is 2.97. The van der Waals surface area contributed by atoms with Gasteiger partial charge in [0.25, 0.3) is 0 Å². The van der Waals surface area contributed by atoms with Crippen molar-refractivity contribution in [1.82, 2.24) is 5.32 Å². The third kappa shape index (κ3) is 1.64. The van der Waals surface area contributed by atoms with E-state index in [4.69, 9.17) is 0 Å². The number of benzene rings is 1. The van der Waals surface area contributed by atoms with E-state index in [9.17, 15) is 8.42 Å². The van der Waals surface area contributed by atoms with E-state index in [-0.39, 0.29) is 17.5 Å². The predicted octanol–water partition coefficient (Wildman–Crippen LogP) is 2.17. The standard InChI is InChI=1S/C17H22N2O2S/c1-3-12-8-9-15-17(10-11-18-16(12)17)13-6-4-5-7-14(13)19(15)22(2,20)21/h3-7,15-16,18H,8-11H2,1-2H3/b12-3+/t15-,16-,17-/m0/s1. The molecule has 0 unspecified atom stereocenters. The van der Waals surface area contributed by atoms with E-state index in [1.54, 1.807) is 4.31 Å². The minimum atomic E-state index is -3.27. The molecule has 1 spiro atoms. The van der Waals surface area contributed by atoms with Crippen LogP contribution in [-0.2, 0) is 15.4 Å². The van der Waals surface area contributed by atoms with Gasteiger partial charge in [0.15, 0.2) is 0 Å². The van der Waals surface area contributed by atoms with Gasteiger partial charge < -0.3 is 5.32 Å². The minimum absolute atomic E-state index is 0.0450. The number of para-hydroxylation sites is 1. The smallest absolute Gasteiger partial charge is 0.232 e. The molecule has 0 aromatic heterocycles. The van der Waals surface area contributed by atoms with E-state index in [2.05, 4.69) is 24.4 Å². The zero-order valence-corrected chi connectivity index (χ0v) is 13.9. The van der Waals surface area contributed by atoms with Gasteiger partial charge in [0.1, 0.15) is 0 Å². The van der Waals surface area contributed by atoms with Gasteiger partial charge >= 0.3 is 0 Å². The van der Waals surface area contributed by atoms with Gasteiger partial charge in [-0.1, -0.05) is 29.8 Å². The van der Waals surface area contributed by atoms with Crippen LogP contribution in [0.4, 0.5) is 5.69 Å². The van der Waals surface area contributed by atoms with Crippen molar-refractivity contribution in [3.05, 3.63) is 41.5 Å². The molecule has 1 aromatic rings. The molecule has 4 rings (SSSR count). The molecule has 1 aliphatic carbocycles. The lowest BCUT2D eigenvalue weighted by atomic mass is 9.63. The SMILES string of the molecule is C/C=C1\CC[C@@H]2N(S(C)(=O)=O)c3ccccc3[C@@]23CCN[C@@H]13. The summed E-state index contributed by atoms with van der Waals surface area (Å²) in [6.07, 6.45) is 6.43. The first-order valence-electron chi connectivity index (χ1n) is 7.97. The van der Waals surface area contributed by atoms with Gasteiger partial charge in [0.2, 0.25) is 10.0 Å². The molecule has 1 aromatic carbocycles. The fraction of sp³-hybridized carbons (Fsp3) is 0.529. The monoisotopic (exact) mass is 318 g/mol. The molecule has 1 saturated heterocycles. The van der Waals surface area contributed by atoms with Crippen LogP contribution in [0, 0.1) is 0 Å². The predicted molar refractivity (Wildman–Crippen MR) is 88.6 cm³/mol. The van der Waals surface area contributed by atoms with Gasteiger partial charge in [-0.05, 0) is 44.4 Å². The number of sulfonamides is 1. The van der Waals surface area contributed by atoms with Gasteiger partial charge in [-0.3, -0.25) is 4.31 Å². The van der Waals surface area contributed by atoms with Crippen LogP contribution in [0.25, 0.3) is 0 Å². The molecule has 0 bridgehead atoms. The van der Waals surface area contributed by atoms with Crippen molar-refractivity contribution in [1.29, 1.82) is 0 Å². The highest BCUT2D eigenvalue weighted by Crippen LogP contribution is 2.57. The van der Waals surface area contributed by atoms with Crippen molar-refractivity contribution < 1.29 is 8.42 Å². The highest BCUT2D eigenvalue weighted by atomic mass is 32.2. The van der Waals surface area contributed by atoms with Gasteiger partial charge in [-0.15, -0.1) is 0 Å². The molecule has 118 valence electrons. The summed E-state index contributed by atoms with van der Waals surface area (Å²) in [7, 11) is -3.27. The van der Waals surface area contributed by atoms with E-state index >= 15 is 0 Å². The fourth-order valence-corrected chi connectivity index (χ4v) is 6.29. The maximum Gasteiger partial charge on any atom is 0.232 e. The topological polar surface area (TPSA) is 49.4 Å². The Morgan fingerprint density at radius 3 is 2.86 bits per heavy atom. The van der Waals surface area contributed by atoms with Crippen molar-refractivity contribution in [3.63, 3.8) is 0 Å². The number of rotatable bonds is 1. The molecule has 0 radical (unpaired) electrons. The van der Waals surface area contributed by atoms with Crippen molar-refractivity contribution >= 4 is 15.7 Å². The van der Waals surface area contributed by atoms with Crippen molar-refractivity contribution in [2.75, 3.05) is 17.1 Å². The Morgan fingerprint density at radius 1 is 1.36 bits per heavy atom. The number of hydrogen-bond donors (Lipinski definition) is 1. The first-order valence-corrected chi connectivity index (χ1v) is 9.82. The van der Waals surface area contributed by atoms with E-state index in [1.165, 1.54) is 17.4 Å². The summed E-state index contributed by atoms with van der Waals surface area (Å²) >= 11 is 0. The first kappa shape index (κ1) is 14.3. The average molecular weight is 318 g/mol. The van der Waals surface area contributed by atoms with Crippen LogP contribution in [0.1, 0.15) is 31.7 Å². The Balaban J connectivity index is 1.99. The number of allylic oxidation sites excluding steroid dienone is 1. The van der Waals surface area contributed by atoms with Crippen molar-refractivity contribution in [2.45, 2.75) is 43.7 Å². The molecule has 4 nitrogen and oxygen atoms in total. The zero-order chi connectivity index (χ0) is 15.5. The summed E-state index contributed by atoms with van der Waals surface area (Å²) in [5.41, 5.74) is 3.43. The fourth-order valence-electron chi connectivity index (χ4n) is 5.02. The Hall–Kier alpha value is -1.33. The van der Waals surface area contributed by atoms with E-state index < -0.39 is 10.0 Å². The van der Waals surface area contributed by atoms with E-state index in [1.807, 2.05) is 18.2 Å². The lowest BCUT2D eigenvalue weighted by Gasteiger charge is -2.44. The van der Waals surface area contributed by atoms with Crippen LogP contribution < -0.4 is 9.62 Å². The lowest BCUT2D eigenvalue weighted by Crippen LogP contribution is -2.56. The minimum Gasteiger partial charge on any atom is -0.309 e. The average Bonchev–Trinajstić information content (AvgIpc) is 3.04. The molecular formula is C17H22N2O2S. The van der Waals surface area contributed by atoms with E-state index in [0.717, 1.165) is 31.5 Å². The second kappa shape index (κ2) is 4.59. The van der Waals surface area contributed by atoms with Gasteiger partial charge in [0, 0.05) is 11.5 Å². The molecule has 1 N–H and O–H groups in total. The maximum atomic E-state index is 12.5. The molecule has 22 heavy (non-hydrogen) atoms. The maximum absolute atomic E-state index is 12.5. The highest BCUT2D eigenvalue weighted by molar-refractivity contribution is 7.92. The van der Waals surface area contributed by atoms with Crippen molar-refractivity contribution in [3.8, 4) is 0 Å². The Labute approximate surface area is 132 Å². The zero-order valence-electron chi connectivity index (χ0n) is 13.0. The number of nitrogens with one attached hydrogen (secondary N) is 1. The van der Waals surface area contributed by atoms with E-state index in [0.29, 0.717) is 0 Å². The summed E-state index contributed by atoms with van der Waals surface area (Å²) in [6, 6.07) is 8.39. The Bertz CT molecular complexity index is 756. The highest BCUT2D eigenvalue weighted by Gasteiger charge is 2.61. The van der Waals surface area contributed by atoms with Gasteiger partial charge in [0.05, 0.1) is 18.0 Å². The summed E-state index contributed by atoms with van der Waals surface area (Å²) in [5, 5.41) is 3.64. The molecular weight excluding hydrogens is 296 g/mol. The molecule has 1 saturated carbocycles. The van der Waals surface area contributed by atoms with Crippen LogP contribution >= 0.6 is 0 Å². The molecule has 3 aliphatic rings. The molecule has 2 fully saturated rings. The first-order chi connectivity index (χ1) is 10.5. The summed E-state index contributed by atoms with van der Waals surface area (Å²) in [5.74, 6) is 0.